The van der Waals surface area contributed by atoms with Crippen molar-refractivity contribution in [3.05, 3.63) is 59.8 Å². The molecule has 0 saturated carbocycles. The van der Waals surface area contributed by atoms with Crippen LogP contribution >= 0.6 is 0 Å². The quantitative estimate of drug-likeness (QED) is 0.398. The first-order valence-corrected chi connectivity index (χ1v) is 10.3. The molecule has 3 heterocycles. The third-order valence-corrected chi connectivity index (χ3v) is 5.27. The lowest BCUT2D eigenvalue weighted by Crippen LogP contribution is -2.21. The molecule has 4 rings (SSSR count). The highest BCUT2D eigenvalue weighted by Crippen LogP contribution is 2.24. The number of ether oxygens (including phenoxy) is 1. The molecular formula is C22H24N8O3. The number of anilines is 2. The van der Waals surface area contributed by atoms with E-state index in [2.05, 4.69) is 31.0 Å². The zero-order valence-corrected chi connectivity index (χ0v) is 18.7. The first-order chi connectivity index (χ1) is 15.9. The van der Waals surface area contributed by atoms with Crippen molar-refractivity contribution in [3.8, 4) is 17.0 Å². The average Bonchev–Trinajstić information content (AvgIpc) is 3.55. The van der Waals surface area contributed by atoms with Gasteiger partial charge in [0.25, 0.3) is 11.8 Å². The van der Waals surface area contributed by atoms with E-state index < -0.39 is 11.8 Å². The molecule has 2 amide bonds. The molecule has 0 atom stereocenters. The second kappa shape index (κ2) is 8.99. The van der Waals surface area contributed by atoms with Crippen LogP contribution in [0.15, 0.2) is 42.7 Å². The van der Waals surface area contributed by atoms with Gasteiger partial charge in [0.2, 0.25) is 0 Å². The highest BCUT2D eigenvalue weighted by atomic mass is 16.5. The summed E-state index contributed by atoms with van der Waals surface area (Å²) in [6, 6.07) is 9.00. The highest BCUT2D eigenvalue weighted by molar-refractivity contribution is 6.11. The van der Waals surface area contributed by atoms with Crippen molar-refractivity contribution in [2.45, 2.75) is 20.4 Å². The van der Waals surface area contributed by atoms with Crippen molar-refractivity contribution in [3.63, 3.8) is 0 Å². The minimum Gasteiger partial charge on any atom is -0.497 e. The molecule has 0 unspecified atom stereocenters. The summed E-state index contributed by atoms with van der Waals surface area (Å²) in [5, 5.41) is 20.9. The number of aromatic amines is 1. The van der Waals surface area contributed by atoms with Crippen LogP contribution in [-0.4, -0.2) is 48.7 Å². The molecule has 11 heteroatoms. The van der Waals surface area contributed by atoms with Gasteiger partial charge in [0.15, 0.2) is 0 Å². The van der Waals surface area contributed by atoms with Gasteiger partial charge >= 0.3 is 0 Å². The lowest BCUT2D eigenvalue weighted by atomic mass is 10.1. The van der Waals surface area contributed by atoms with E-state index in [9.17, 15) is 9.59 Å². The number of benzene rings is 1. The van der Waals surface area contributed by atoms with Crippen LogP contribution in [0.2, 0.25) is 0 Å². The molecule has 0 bridgehead atoms. The number of nitrogens with one attached hydrogen (secondary N) is 3. The molecule has 0 spiro atoms. The lowest BCUT2D eigenvalue weighted by molar-refractivity contribution is 0.101. The highest BCUT2D eigenvalue weighted by Gasteiger charge is 2.22. The third kappa shape index (κ3) is 4.33. The first kappa shape index (κ1) is 21.8. The van der Waals surface area contributed by atoms with Crippen LogP contribution in [0.25, 0.3) is 11.3 Å². The van der Waals surface area contributed by atoms with Crippen molar-refractivity contribution < 1.29 is 14.3 Å². The number of amides is 2. The summed E-state index contributed by atoms with van der Waals surface area (Å²) >= 11 is 0. The zero-order valence-electron chi connectivity index (χ0n) is 18.7. The van der Waals surface area contributed by atoms with E-state index in [1.54, 1.807) is 31.1 Å². The fourth-order valence-electron chi connectivity index (χ4n) is 3.32. The van der Waals surface area contributed by atoms with Gasteiger partial charge in [-0.15, -0.1) is 0 Å². The Morgan fingerprint density at radius 1 is 1.09 bits per heavy atom. The molecule has 0 aliphatic heterocycles. The Labute approximate surface area is 189 Å². The Morgan fingerprint density at radius 2 is 1.85 bits per heavy atom. The normalized spacial score (nSPS) is 10.8. The van der Waals surface area contributed by atoms with Crippen molar-refractivity contribution >= 4 is 23.2 Å². The van der Waals surface area contributed by atoms with Crippen LogP contribution in [0.5, 0.6) is 5.75 Å². The van der Waals surface area contributed by atoms with E-state index in [-0.39, 0.29) is 11.4 Å². The number of H-pyrrole nitrogens is 1. The molecule has 33 heavy (non-hydrogen) atoms. The number of hydrogen-bond donors (Lipinski definition) is 3. The number of nitrogens with zero attached hydrogens (tertiary/aromatic N) is 5. The Morgan fingerprint density at radius 3 is 2.55 bits per heavy atom. The van der Waals surface area contributed by atoms with E-state index in [0.29, 0.717) is 29.4 Å². The Kier molecular flexibility index (Phi) is 5.94. The van der Waals surface area contributed by atoms with E-state index >= 15 is 0 Å². The third-order valence-electron chi connectivity index (χ3n) is 5.27. The maximum absolute atomic E-state index is 13.0. The number of aromatic nitrogens is 6. The fourth-order valence-corrected chi connectivity index (χ4v) is 3.32. The van der Waals surface area contributed by atoms with Gasteiger partial charge in [0.05, 0.1) is 42.3 Å². The van der Waals surface area contributed by atoms with Crippen molar-refractivity contribution in [2.24, 2.45) is 7.05 Å². The van der Waals surface area contributed by atoms with Gasteiger partial charge in [-0.25, -0.2) is 0 Å². The minimum atomic E-state index is -0.445. The smallest absolute Gasteiger partial charge is 0.276 e. The molecule has 170 valence electrons. The Bertz CT molecular complexity index is 1320. The van der Waals surface area contributed by atoms with E-state index in [0.717, 1.165) is 11.3 Å². The van der Waals surface area contributed by atoms with Crippen molar-refractivity contribution in [2.75, 3.05) is 17.7 Å². The molecule has 0 aliphatic rings. The van der Waals surface area contributed by atoms with Crippen molar-refractivity contribution in [1.82, 2.24) is 29.8 Å². The largest absolute Gasteiger partial charge is 0.497 e. The Hall–Kier alpha value is -4.41. The number of carbonyl (C=O) groups excluding carboxylic acids is 2. The lowest BCUT2D eigenvalue weighted by Gasteiger charge is -2.09. The predicted molar refractivity (Wildman–Crippen MR) is 122 cm³/mol. The van der Waals surface area contributed by atoms with Crippen LogP contribution in [-0.2, 0) is 13.6 Å². The first-order valence-electron chi connectivity index (χ1n) is 10.3. The maximum Gasteiger partial charge on any atom is 0.276 e. The van der Waals surface area contributed by atoms with Gasteiger partial charge in [0, 0.05) is 19.2 Å². The number of hydrogen-bond acceptors (Lipinski definition) is 6. The van der Waals surface area contributed by atoms with Gasteiger partial charge in [0.1, 0.15) is 17.1 Å². The zero-order chi connectivity index (χ0) is 23.5. The van der Waals surface area contributed by atoms with Gasteiger partial charge in [-0.2, -0.15) is 15.3 Å². The van der Waals surface area contributed by atoms with E-state index in [1.165, 1.54) is 10.9 Å². The molecule has 4 aromatic rings. The Balaban J connectivity index is 1.55. The number of rotatable bonds is 7. The summed E-state index contributed by atoms with van der Waals surface area (Å²) in [7, 11) is 3.37. The molecule has 0 aliphatic carbocycles. The van der Waals surface area contributed by atoms with Crippen LogP contribution in [0, 0.1) is 6.92 Å². The summed E-state index contributed by atoms with van der Waals surface area (Å²) in [6.07, 6.45) is 3.02. The molecule has 3 aromatic heterocycles. The van der Waals surface area contributed by atoms with Crippen molar-refractivity contribution in [1.29, 1.82) is 0 Å². The molecule has 0 fully saturated rings. The van der Waals surface area contributed by atoms with Crippen LogP contribution in [0.1, 0.15) is 33.6 Å². The predicted octanol–water partition coefficient (Wildman–Crippen LogP) is 2.85. The summed E-state index contributed by atoms with van der Waals surface area (Å²) in [4.78, 5) is 25.9. The summed E-state index contributed by atoms with van der Waals surface area (Å²) < 4.78 is 8.42. The van der Waals surface area contributed by atoms with E-state index in [1.807, 2.05) is 38.1 Å². The molecule has 11 nitrogen and oxygen atoms in total. The maximum atomic E-state index is 13.0. The fraction of sp³-hybridized carbons (Fsp3) is 0.227. The summed E-state index contributed by atoms with van der Waals surface area (Å²) in [6.45, 7) is 4.16. The topological polar surface area (TPSA) is 132 Å². The number of methoxy groups -OCH3 is 1. The molecule has 0 radical (unpaired) electrons. The van der Waals surface area contributed by atoms with Gasteiger partial charge in [-0.3, -0.25) is 24.1 Å². The SMILES string of the molecule is CCn1ncc(NC(=O)c2cc(-c3cccc(OC)c3)n[nH]2)c1C(=O)Nc1cnn(C)c1C. The molecule has 3 N–H and O–H groups in total. The van der Waals surface area contributed by atoms with Crippen LogP contribution in [0.4, 0.5) is 11.4 Å². The number of carbonyl (C=O) groups is 2. The van der Waals surface area contributed by atoms with Gasteiger partial charge in [-0.05, 0) is 32.0 Å². The molecular weight excluding hydrogens is 424 g/mol. The van der Waals surface area contributed by atoms with Crippen LogP contribution in [0.3, 0.4) is 0 Å². The second-order valence-electron chi connectivity index (χ2n) is 7.30. The summed E-state index contributed by atoms with van der Waals surface area (Å²) in [5.74, 6) is -0.158. The average molecular weight is 448 g/mol. The standard InChI is InChI=1S/C22H24N8O3/c1-5-30-20(22(32)25-18-11-23-29(3)13(18)2)19(12-24-30)26-21(31)17-10-16(27-28-17)14-7-6-8-15(9-14)33-4/h6-12H,5H2,1-4H3,(H,25,32)(H,26,31)(H,27,28). The van der Waals surface area contributed by atoms with Crippen LogP contribution < -0.4 is 15.4 Å². The minimum absolute atomic E-state index is 0.238. The monoisotopic (exact) mass is 448 g/mol. The summed E-state index contributed by atoms with van der Waals surface area (Å²) in [5.41, 5.74) is 3.55. The van der Waals surface area contributed by atoms with Gasteiger partial charge in [-0.1, -0.05) is 12.1 Å². The molecule has 0 saturated heterocycles. The second-order valence-corrected chi connectivity index (χ2v) is 7.30. The number of aryl methyl sites for hydroxylation is 2. The molecule has 1 aromatic carbocycles. The van der Waals surface area contributed by atoms with Gasteiger partial charge < -0.3 is 15.4 Å². The van der Waals surface area contributed by atoms with E-state index in [4.69, 9.17) is 4.74 Å².